The van der Waals surface area contributed by atoms with Crippen molar-refractivity contribution >= 4 is 5.91 Å². The first-order chi connectivity index (χ1) is 15.5. The Labute approximate surface area is 186 Å². The summed E-state index contributed by atoms with van der Waals surface area (Å²) in [5.74, 6) is -0.174. The molecule has 0 saturated carbocycles. The van der Waals surface area contributed by atoms with E-state index in [0.29, 0.717) is 17.8 Å². The van der Waals surface area contributed by atoms with E-state index in [1.54, 1.807) is 4.90 Å². The molecule has 3 rings (SSSR count). The lowest BCUT2D eigenvalue weighted by Gasteiger charge is -2.32. The third-order valence-corrected chi connectivity index (χ3v) is 5.23. The Hall–Kier alpha value is -3.52. The quantitative estimate of drug-likeness (QED) is 0.555. The number of carbonyl (C=O) groups excluding carboxylic acids is 1. The summed E-state index contributed by atoms with van der Waals surface area (Å²) >= 11 is 0. The molecular formula is C24H27FN4O3. The van der Waals surface area contributed by atoms with Crippen LogP contribution in [0.25, 0.3) is 0 Å². The normalized spacial score (nSPS) is 11.8. The number of halogens is 1. The van der Waals surface area contributed by atoms with Gasteiger partial charge in [-0.2, -0.15) is 0 Å². The number of amides is 1. The lowest BCUT2D eigenvalue weighted by atomic mass is 10.1. The van der Waals surface area contributed by atoms with Crippen LogP contribution in [0.4, 0.5) is 4.39 Å². The van der Waals surface area contributed by atoms with Crippen LogP contribution in [0, 0.1) is 5.82 Å². The van der Waals surface area contributed by atoms with Gasteiger partial charge in [0, 0.05) is 18.7 Å². The smallest absolute Gasteiger partial charge is 0.296 e. The SMILES string of the molecule is CCC(c1ncc(OC)c(=O)n1Cc1ccccc1)N(CCN)C(=O)c1ccc(F)cc1. The number of aromatic nitrogens is 2. The number of nitrogens with two attached hydrogens (primary N) is 1. The first-order valence-electron chi connectivity index (χ1n) is 10.4. The average molecular weight is 439 g/mol. The Morgan fingerprint density at radius 3 is 2.47 bits per heavy atom. The minimum atomic E-state index is -0.515. The molecule has 3 aromatic rings. The van der Waals surface area contributed by atoms with Gasteiger partial charge in [0.05, 0.1) is 25.9 Å². The molecule has 1 heterocycles. The monoisotopic (exact) mass is 438 g/mol. The molecule has 0 bridgehead atoms. The van der Waals surface area contributed by atoms with Crippen molar-refractivity contribution < 1.29 is 13.9 Å². The third-order valence-electron chi connectivity index (χ3n) is 5.23. The fourth-order valence-electron chi connectivity index (χ4n) is 3.65. The number of nitrogens with zero attached hydrogens (tertiary/aromatic N) is 3. The molecule has 1 atom stereocenters. The molecule has 1 aromatic heterocycles. The zero-order valence-corrected chi connectivity index (χ0v) is 18.2. The Morgan fingerprint density at radius 1 is 1.19 bits per heavy atom. The zero-order valence-electron chi connectivity index (χ0n) is 18.2. The van der Waals surface area contributed by atoms with Crippen molar-refractivity contribution in [2.75, 3.05) is 20.2 Å². The molecule has 8 heteroatoms. The maximum atomic E-state index is 13.4. The van der Waals surface area contributed by atoms with Crippen LogP contribution in [-0.2, 0) is 6.54 Å². The predicted octanol–water partition coefficient (Wildman–Crippen LogP) is 2.99. The van der Waals surface area contributed by atoms with Crippen molar-refractivity contribution in [3.05, 3.63) is 93.9 Å². The van der Waals surface area contributed by atoms with Crippen LogP contribution in [0.2, 0.25) is 0 Å². The largest absolute Gasteiger partial charge is 0.490 e. The van der Waals surface area contributed by atoms with Gasteiger partial charge in [0.1, 0.15) is 11.6 Å². The van der Waals surface area contributed by atoms with Crippen LogP contribution in [0.1, 0.15) is 41.1 Å². The summed E-state index contributed by atoms with van der Waals surface area (Å²) in [4.78, 5) is 32.5. The van der Waals surface area contributed by atoms with Crippen molar-refractivity contribution in [3.8, 4) is 5.75 Å². The minimum Gasteiger partial charge on any atom is -0.490 e. The van der Waals surface area contributed by atoms with Crippen molar-refractivity contribution in [1.29, 1.82) is 0 Å². The highest BCUT2D eigenvalue weighted by molar-refractivity contribution is 5.94. The molecule has 168 valence electrons. The molecule has 1 amide bonds. The number of methoxy groups -OCH3 is 1. The van der Waals surface area contributed by atoms with Gasteiger partial charge < -0.3 is 15.4 Å². The molecule has 0 aliphatic rings. The second-order valence-corrected chi connectivity index (χ2v) is 7.28. The number of rotatable bonds is 9. The van der Waals surface area contributed by atoms with Crippen LogP contribution in [0.5, 0.6) is 5.75 Å². The predicted molar refractivity (Wildman–Crippen MR) is 120 cm³/mol. The summed E-state index contributed by atoms with van der Waals surface area (Å²) < 4.78 is 20.1. The van der Waals surface area contributed by atoms with E-state index >= 15 is 0 Å². The number of benzene rings is 2. The van der Waals surface area contributed by atoms with E-state index in [-0.39, 0.29) is 36.9 Å². The van der Waals surface area contributed by atoms with Crippen molar-refractivity contribution in [2.45, 2.75) is 25.9 Å². The van der Waals surface area contributed by atoms with E-state index in [1.807, 2.05) is 37.3 Å². The van der Waals surface area contributed by atoms with E-state index in [9.17, 15) is 14.0 Å². The Balaban J connectivity index is 2.08. The van der Waals surface area contributed by atoms with Gasteiger partial charge in [-0.1, -0.05) is 37.3 Å². The lowest BCUT2D eigenvalue weighted by molar-refractivity contribution is 0.0663. The van der Waals surface area contributed by atoms with Crippen LogP contribution in [-0.4, -0.2) is 40.6 Å². The molecule has 32 heavy (non-hydrogen) atoms. The molecule has 0 fully saturated rings. The van der Waals surface area contributed by atoms with Gasteiger partial charge in [0.25, 0.3) is 11.5 Å². The molecule has 2 aromatic carbocycles. The maximum Gasteiger partial charge on any atom is 0.296 e. The molecule has 2 N–H and O–H groups in total. The average Bonchev–Trinajstić information content (AvgIpc) is 2.81. The van der Waals surface area contributed by atoms with E-state index in [2.05, 4.69) is 4.98 Å². The van der Waals surface area contributed by atoms with Crippen molar-refractivity contribution in [3.63, 3.8) is 0 Å². The van der Waals surface area contributed by atoms with E-state index < -0.39 is 11.9 Å². The summed E-state index contributed by atoms with van der Waals surface area (Å²) in [5.41, 5.74) is 6.73. The van der Waals surface area contributed by atoms with Gasteiger partial charge in [0.2, 0.25) is 5.75 Å². The van der Waals surface area contributed by atoms with Crippen molar-refractivity contribution in [1.82, 2.24) is 14.5 Å². The summed E-state index contributed by atoms with van der Waals surface area (Å²) in [6.45, 7) is 2.66. The van der Waals surface area contributed by atoms with Gasteiger partial charge in [-0.25, -0.2) is 9.37 Å². The van der Waals surface area contributed by atoms with Crippen LogP contribution in [0.15, 0.2) is 65.6 Å². The second kappa shape index (κ2) is 10.7. The molecule has 1 unspecified atom stereocenters. The first kappa shape index (κ1) is 23.1. The molecule has 0 aliphatic heterocycles. The highest BCUT2D eigenvalue weighted by Gasteiger charge is 2.29. The van der Waals surface area contributed by atoms with Crippen LogP contribution >= 0.6 is 0 Å². The topological polar surface area (TPSA) is 90.4 Å². The Morgan fingerprint density at radius 2 is 1.88 bits per heavy atom. The Kier molecular flexibility index (Phi) is 7.72. The van der Waals surface area contributed by atoms with Gasteiger partial charge in [-0.3, -0.25) is 14.2 Å². The van der Waals surface area contributed by atoms with Crippen LogP contribution < -0.4 is 16.0 Å². The standard InChI is InChI=1S/C24H27FN4O3/c1-3-20(28(14-13-26)23(30)18-9-11-19(25)12-10-18)22-27-15-21(32-2)24(31)29(22)16-17-7-5-4-6-8-17/h4-12,15,20H,3,13-14,16,26H2,1-2H3. The summed E-state index contributed by atoms with van der Waals surface area (Å²) in [5, 5.41) is 0. The molecule has 0 saturated heterocycles. The lowest BCUT2D eigenvalue weighted by Crippen LogP contribution is -2.41. The molecular weight excluding hydrogens is 411 g/mol. The number of hydrogen-bond acceptors (Lipinski definition) is 5. The Bertz CT molecular complexity index is 1100. The molecule has 0 aliphatic carbocycles. The first-order valence-corrected chi connectivity index (χ1v) is 10.4. The molecule has 7 nitrogen and oxygen atoms in total. The van der Waals surface area contributed by atoms with Crippen molar-refractivity contribution in [2.24, 2.45) is 5.73 Å². The summed E-state index contributed by atoms with van der Waals surface area (Å²) in [6, 6.07) is 14.4. The van der Waals surface area contributed by atoms with E-state index in [1.165, 1.54) is 42.1 Å². The van der Waals surface area contributed by atoms with Gasteiger partial charge in [-0.05, 0) is 36.2 Å². The third kappa shape index (κ3) is 5.03. The van der Waals surface area contributed by atoms with E-state index in [0.717, 1.165) is 5.56 Å². The van der Waals surface area contributed by atoms with Gasteiger partial charge in [0.15, 0.2) is 0 Å². The minimum absolute atomic E-state index is 0.120. The number of carbonyl (C=O) groups is 1. The highest BCUT2D eigenvalue weighted by atomic mass is 19.1. The fraction of sp³-hybridized carbons (Fsp3) is 0.292. The zero-order chi connectivity index (χ0) is 23.1. The summed E-state index contributed by atoms with van der Waals surface area (Å²) in [7, 11) is 1.42. The van der Waals surface area contributed by atoms with E-state index in [4.69, 9.17) is 10.5 Å². The van der Waals surface area contributed by atoms with Gasteiger partial charge in [-0.15, -0.1) is 0 Å². The number of hydrogen-bond donors (Lipinski definition) is 1. The number of ether oxygens (including phenoxy) is 1. The highest BCUT2D eigenvalue weighted by Crippen LogP contribution is 2.25. The maximum absolute atomic E-state index is 13.4. The van der Waals surface area contributed by atoms with Gasteiger partial charge >= 0.3 is 0 Å². The molecule has 0 radical (unpaired) electrons. The second-order valence-electron chi connectivity index (χ2n) is 7.28. The summed E-state index contributed by atoms with van der Waals surface area (Å²) in [6.07, 6.45) is 1.88. The van der Waals surface area contributed by atoms with Crippen LogP contribution in [0.3, 0.4) is 0 Å². The fourth-order valence-corrected chi connectivity index (χ4v) is 3.65. The molecule has 0 spiro atoms.